The van der Waals surface area contributed by atoms with Gasteiger partial charge in [0.1, 0.15) is 17.4 Å². The summed E-state index contributed by atoms with van der Waals surface area (Å²) in [5.41, 5.74) is 2.78. The monoisotopic (exact) mass is 589 g/mol. The molecule has 2 atom stereocenters. The molecule has 0 saturated heterocycles. The van der Waals surface area contributed by atoms with Crippen molar-refractivity contribution >= 4 is 35.2 Å². The molecule has 0 radical (unpaired) electrons. The molecule has 220 valence electrons. The Labute approximate surface area is 251 Å². The summed E-state index contributed by atoms with van der Waals surface area (Å²) in [6, 6.07) is 20.8. The first-order valence-corrected chi connectivity index (χ1v) is 14.3. The van der Waals surface area contributed by atoms with Gasteiger partial charge in [0.05, 0.1) is 12.1 Å². The molecule has 0 N–H and O–H groups in total. The van der Waals surface area contributed by atoms with E-state index in [-0.39, 0.29) is 18.6 Å². The first kappa shape index (κ1) is 30.8. The topological polar surface area (TPSA) is 88.5 Å². The fourth-order valence-corrected chi connectivity index (χ4v) is 5.12. The van der Waals surface area contributed by atoms with Gasteiger partial charge < -0.3 is 19.3 Å². The molecule has 42 heavy (non-hydrogen) atoms. The molecule has 3 aromatic rings. The largest absolute Gasteiger partial charge is 0.462 e. The van der Waals surface area contributed by atoms with Crippen molar-refractivity contribution < 1.29 is 23.9 Å². The van der Waals surface area contributed by atoms with Crippen LogP contribution in [0, 0.1) is 12.8 Å². The molecule has 0 saturated carbocycles. The number of benzene rings is 3. The Hall–Kier alpha value is -4.17. The molecule has 1 heterocycles. The van der Waals surface area contributed by atoms with Gasteiger partial charge in [0.25, 0.3) is 5.91 Å². The number of aryl methyl sites for hydroxylation is 1. The SMILES string of the molecule is CC1=NC(=O)N(CCCN(C)C(=O)c2ccc(Oc3ccc(C)cc3)cc2)C(c2cccc(Cl)c2)C1C(=O)OC(C)C. The molecule has 0 aromatic heterocycles. The van der Waals surface area contributed by atoms with E-state index in [2.05, 4.69) is 4.99 Å². The van der Waals surface area contributed by atoms with Gasteiger partial charge in [0.2, 0.25) is 0 Å². The number of urea groups is 1. The van der Waals surface area contributed by atoms with Crippen molar-refractivity contribution in [3.05, 3.63) is 94.5 Å². The van der Waals surface area contributed by atoms with Gasteiger partial charge in [0, 0.05) is 36.4 Å². The van der Waals surface area contributed by atoms with E-state index in [0.717, 1.165) is 11.3 Å². The molecule has 1 aliphatic heterocycles. The number of ether oxygens (including phenoxy) is 2. The van der Waals surface area contributed by atoms with Crippen LogP contribution < -0.4 is 4.74 Å². The number of halogens is 1. The lowest BCUT2D eigenvalue weighted by Gasteiger charge is -2.39. The van der Waals surface area contributed by atoms with Crippen molar-refractivity contribution in [1.82, 2.24) is 9.80 Å². The third-order valence-corrected chi connectivity index (χ3v) is 7.25. The number of carbonyl (C=O) groups is 3. The van der Waals surface area contributed by atoms with Gasteiger partial charge in [-0.3, -0.25) is 9.59 Å². The average molecular weight is 590 g/mol. The van der Waals surface area contributed by atoms with E-state index in [0.29, 0.717) is 40.6 Å². The zero-order chi connectivity index (χ0) is 30.4. The number of aliphatic imine (C=N–C) groups is 1. The van der Waals surface area contributed by atoms with Gasteiger partial charge in [-0.15, -0.1) is 0 Å². The third kappa shape index (κ3) is 7.56. The molecule has 9 heteroatoms. The molecule has 0 fully saturated rings. The van der Waals surface area contributed by atoms with Crippen LogP contribution in [0.15, 0.2) is 77.8 Å². The van der Waals surface area contributed by atoms with Crippen LogP contribution in [0.4, 0.5) is 4.79 Å². The highest BCUT2D eigenvalue weighted by molar-refractivity contribution is 6.30. The maximum atomic E-state index is 13.2. The molecule has 0 spiro atoms. The van der Waals surface area contributed by atoms with Crippen LogP contribution in [0.25, 0.3) is 0 Å². The molecule has 3 amide bonds. The highest BCUT2D eigenvalue weighted by Crippen LogP contribution is 2.36. The minimum absolute atomic E-state index is 0.152. The Morgan fingerprint density at radius 1 is 1.00 bits per heavy atom. The van der Waals surface area contributed by atoms with Crippen molar-refractivity contribution in [3.63, 3.8) is 0 Å². The standard InChI is InChI=1S/C33H36ClN3O5/c1-21(2)41-32(39)29-23(4)35-33(40)37(30(29)25-8-6-9-26(34)20-25)19-7-18-36(5)31(38)24-12-16-28(17-13-24)42-27-14-10-22(3)11-15-27/h6,8-17,20-21,29-30H,7,18-19H2,1-5H3. The van der Waals surface area contributed by atoms with Crippen LogP contribution in [-0.4, -0.2) is 59.7 Å². The van der Waals surface area contributed by atoms with Gasteiger partial charge in [-0.1, -0.05) is 41.4 Å². The van der Waals surface area contributed by atoms with Gasteiger partial charge in [-0.05, 0) is 88.2 Å². The number of nitrogens with zero attached hydrogens (tertiary/aromatic N) is 3. The Kier molecular flexibility index (Phi) is 10.0. The molecule has 1 aliphatic rings. The van der Waals surface area contributed by atoms with Crippen molar-refractivity contribution in [2.45, 2.75) is 46.3 Å². The van der Waals surface area contributed by atoms with Crippen LogP contribution in [0.2, 0.25) is 5.02 Å². The number of esters is 1. The van der Waals surface area contributed by atoms with Gasteiger partial charge in [-0.2, -0.15) is 0 Å². The second kappa shape index (κ2) is 13.7. The second-order valence-corrected chi connectivity index (χ2v) is 11.1. The number of hydrogen-bond donors (Lipinski definition) is 0. The molecule has 3 aromatic carbocycles. The van der Waals surface area contributed by atoms with Gasteiger partial charge >= 0.3 is 12.0 Å². The normalized spacial score (nSPS) is 16.7. The predicted octanol–water partition coefficient (Wildman–Crippen LogP) is 7.11. The fraction of sp³-hybridized carbons (Fsp3) is 0.333. The Morgan fingerprint density at radius 3 is 2.26 bits per heavy atom. The van der Waals surface area contributed by atoms with Crippen molar-refractivity contribution in [3.8, 4) is 11.5 Å². The van der Waals surface area contributed by atoms with Crippen LogP contribution in [0.3, 0.4) is 0 Å². The second-order valence-electron chi connectivity index (χ2n) is 10.7. The molecule has 0 aliphatic carbocycles. The summed E-state index contributed by atoms with van der Waals surface area (Å²) in [5, 5.41) is 0.497. The zero-order valence-corrected chi connectivity index (χ0v) is 25.3. The van der Waals surface area contributed by atoms with Crippen molar-refractivity contribution in [2.75, 3.05) is 20.1 Å². The molecule has 4 rings (SSSR count). The summed E-state index contributed by atoms with van der Waals surface area (Å²) >= 11 is 6.29. The van der Waals surface area contributed by atoms with Gasteiger partial charge in [0.15, 0.2) is 0 Å². The van der Waals surface area contributed by atoms with E-state index < -0.39 is 24.0 Å². The number of carbonyl (C=O) groups excluding carboxylic acids is 3. The number of hydrogen-bond acceptors (Lipinski definition) is 5. The van der Waals surface area contributed by atoms with E-state index in [1.807, 2.05) is 37.3 Å². The van der Waals surface area contributed by atoms with E-state index >= 15 is 0 Å². The quantitative estimate of drug-likeness (QED) is 0.235. The minimum atomic E-state index is -0.774. The smallest absolute Gasteiger partial charge is 0.344 e. The molecular weight excluding hydrogens is 554 g/mol. The average Bonchev–Trinajstić information content (AvgIpc) is 2.94. The van der Waals surface area contributed by atoms with Crippen LogP contribution in [-0.2, 0) is 9.53 Å². The fourth-order valence-electron chi connectivity index (χ4n) is 4.92. The minimum Gasteiger partial charge on any atom is -0.462 e. The third-order valence-electron chi connectivity index (χ3n) is 7.01. The Morgan fingerprint density at radius 2 is 1.64 bits per heavy atom. The molecular formula is C33H36ClN3O5. The Bertz CT molecular complexity index is 1450. The van der Waals surface area contributed by atoms with Crippen LogP contribution in [0.5, 0.6) is 11.5 Å². The lowest BCUT2D eigenvalue weighted by atomic mass is 9.86. The Balaban J connectivity index is 1.43. The maximum absolute atomic E-state index is 13.2. The lowest BCUT2D eigenvalue weighted by molar-refractivity contribution is -0.151. The predicted molar refractivity (Wildman–Crippen MR) is 163 cm³/mol. The maximum Gasteiger partial charge on any atom is 0.344 e. The first-order chi connectivity index (χ1) is 20.0. The summed E-state index contributed by atoms with van der Waals surface area (Å²) in [7, 11) is 1.72. The summed E-state index contributed by atoms with van der Waals surface area (Å²) in [6.45, 7) is 7.90. The molecule has 2 unspecified atom stereocenters. The summed E-state index contributed by atoms with van der Waals surface area (Å²) in [6.07, 6.45) is 0.152. The van der Waals surface area contributed by atoms with E-state index in [1.165, 1.54) is 0 Å². The summed E-state index contributed by atoms with van der Waals surface area (Å²) in [4.78, 5) is 46.8. The zero-order valence-electron chi connectivity index (χ0n) is 24.5. The van der Waals surface area contributed by atoms with E-state index in [9.17, 15) is 14.4 Å². The summed E-state index contributed by atoms with van der Waals surface area (Å²) in [5.74, 6) is -0.0191. The van der Waals surface area contributed by atoms with Crippen molar-refractivity contribution in [2.24, 2.45) is 10.9 Å². The van der Waals surface area contributed by atoms with Gasteiger partial charge in [-0.25, -0.2) is 9.79 Å². The number of amides is 3. The molecule has 0 bridgehead atoms. The molecule has 8 nitrogen and oxygen atoms in total. The van der Waals surface area contributed by atoms with Crippen molar-refractivity contribution in [1.29, 1.82) is 0 Å². The highest BCUT2D eigenvalue weighted by Gasteiger charge is 2.43. The lowest BCUT2D eigenvalue weighted by Crippen LogP contribution is -2.48. The summed E-state index contributed by atoms with van der Waals surface area (Å²) < 4.78 is 11.4. The van der Waals surface area contributed by atoms with Crippen LogP contribution >= 0.6 is 11.6 Å². The van der Waals surface area contributed by atoms with E-state index in [4.69, 9.17) is 21.1 Å². The highest BCUT2D eigenvalue weighted by atomic mass is 35.5. The first-order valence-electron chi connectivity index (χ1n) is 13.9. The van der Waals surface area contributed by atoms with E-state index in [1.54, 1.807) is 80.1 Å². The van der Waals surface area contributed by atoms with Crippen LogP contribution in [0.1, 0.15) is 54.7 Å². The number of rotatable bonds is 10.